The zero-order chi connectivity index (χ0) is 15.1. The van der Waals surface area contributed by atoms with Crippen molar-refractivity contribution in [3.05, 3.63) is 35.9 Å². The van der Waals surface area contributed by atoms with Crippen LogP contribution in [-0.4, -0.2) is 25.8 Å². The van der Waals surface area contributed by atoms with E-state index >= 15 is 0 Å². The minimum absolute atomic E-state index is 0.00797. The van der Waals surface area contributed by atoms with Gasteiger partial charge in [-0.2, -0.15) is 0 Å². The van der Waals surface area contributed by atoms with Gasteiger partial charge in [-0.05, 0) is 44.1 Å². The highest BCUT2D eigenvalue weighted by Gasteiger charge is 2.50. The summed E-state index contributed by atoms with van der Waals surface area (Å²) in [5.41, 5.74) is 0.807. The highest BCUT2D eigenvalue weighted by Crippen LogP contribution is 2.45. The molecule has 2 atom stereocenters. The maximum atomic E-state index is 12.4. The molecular formula is C18H26O3. The van der Waals surface area contributed by atoms with Crippen LogP contribution < -0.4 is 0 Å². The number of carbonyl (C=O) groups excluding carboxylic acids is 1. The zero-order valence-corrected chi connectivity index (χ0v) is 13.1. The van der Waals surface area contributed by atoms with Crippen LogP contribution >= 0.6 is 0 Å². The molecule has 0 saturated heterocycles. The summed E-state index contributed by atoms with van der Waals surface area (Å²) in [6, 6.07) is 10.3. The lowest BCUT2D eigenvalue weighted by molar-refractivity contribution is -0.162. The van der Waals surface area contributed by atoms with Gasteiger partial charge in [0.25, 0.3) is 0 Å². The van der Waals surface area contributed by atoms with E-state index in [-0.39, 0.29) is 12.1 Å². The fraction of sp³-hybridized carbons (Fsp3) is 0.611. The van der Waals surface area contributed by atoms with Crippen LogP contribution in [-0.2, 0) is 20.7 Å². The second kappa shape index (κ2) is 7.60. The van der Waals surface area contributed by atoms with Crippen molar-refractivity contribution in [1.29, 1.82) is 0 Å². The predicted octanol–water partition coefficient (Wildman–Crippen LogP) is 3.76. The lowest BCUT2D eigenvalue weighted by Gasteiger charge is -2.32. The maximum absolute atomic E-state index is 12.4. The number of carbonyl (C=O) groups is 1. The number of hydrogen-bond donors (Lipinski definition) is 0. The molecule has 1 aromatic rings. The first-order valence-electron chi connectivity index (χ1n) is 7.97. The Hall–Kier alpha value is -1.35. The van der Waals surface area contributed by atoms with Crippen molar-refractivity contribution in [2.45, 2.75) is 51.6 Å². The molecule has 3 nitrogen and oxygen atoms in total. The molecule has 0 radical (unpaired) electrons. The summed E-state index contributed by atoms with van der Waals surface area (Å²) < 4.78 is 11.1. The summed E-state index contributed by atoms with van der Waals surface area (Å²) in [7, 11) is 1.49. The summed E-state index contributed by atoms with van der Waals surface area (Å²) in [6.45, 7) is 2.81. The lowest BCUT2D eigenvalue weighted by Crippen LogP contribution is -2.41. The third-order valence-corrected chi connectivity index (χ3v) is 4.52. The Labute approximate surface area is 127 Å². The normalized spacial score (nSPS) is 25.0. The molecule has 2 rings (SSSR count). The van der Waals surface area contributed by atoms with E-state index in [4.69, 9.17) is 9.47 Å². The molecule has 116 valence electrons. The van der Waals surface area contributed by atoms with Gasteiger partial charge < -0.3 is 9.47 Å². The molecule has 0 aliphatic heterocycles. The number of rotatable bonds is 7. The van der Waals surface area contributed by atoms with E-state index in [1.54, 1.807) is 0 Å². The first kappa shape index (κ1) is 16.0. The first-order valence-corrected chi connectivity index (χ1v) is 7.97. The van der Waals surface area contributed by atoms with E-state index < -0.39 is 5.41 Å². The topological polar surface area (TPSA) is 35.5 Å². The van der Waals surface area contributed by atoms with Gasteiger partial charge in [0.15, 0.2) is 0 Å². The van der Waals surface area contributed by atoms with Crippen molar-refractivity contribution in [3.8, 4) is 0 Å². The molecule has 1 aliphatic carbocycles. The Morgan fingerprint density at radius 3 is 2.76 bits per heavy atom. The highest BCUT2D eigenvalue weighted by molar-refractivity contribution is 5.78. The van der Waals surface area contributed by atoms with Crippen LogP contribution in [0.3, 0.4) is 0 Å². The Balaban J connectivity index is 2.11. The standard InChI is InChI=1S/C18H26O3/c1-3-14-21-16-10-7-12-18(16,17(19)20-2)13-11-15-8-5-4-6-9-15/h4-6,8-9,16H,3,7,10-14H2,1-2H3. The van der Waals surface area contributed by atoms with Crippen LogP contribution in [0.4, 0.5) is 0 Å². The molecule has 1 saturated carbocycles. The van der Waals surface area contributed by atoms with Crippen molar-refractivity contribution in [3.63, 3.8) is 0 Å². The Kier molecular flexibility index (Phi) is 5.80. The second-order valence-electron chi connectivity index (χ2n) is 5.88. The Morgan fingerprint density at radius 1 is 1.33 bits per heavy atom. The molecule has 1 fully saturated rings. The van der Waals surface area contributed by atoms with Crippen molar-refractivity contribution in [2.24, 2.45) is 5.41 Å². The van der Waals surface area contributed by atoms with Crippen LogP contribution in [0.2, 0.25) is 0 Å². The largest absolute Gasteiger partial charge is 0.469 e. The SMILES string of the molecule is CCCOC1CCCC1(CCc1ccccc1)C(=O)OC. The zero-order valence-electron chi connectivity index (χ0n) is 13.1. The number of hydrogen-bond acceptors (Lipinski definition) is 3. The van der Waals surface area contributed by atoms with Crippen LogP contribution in [0.25, 0.3) is 0 Å². The molecule has 0 spiro atoms. The molecule has 0 N–H and O–H groups in total. The first-order chi connectivity index (χ1) is 10.2. The van der Waals surface area contributed by atoms with Crippen LogP contribution in [0.15, 0.2) is 30.3 Å². The molecule has 0 bridgehead atoms. The number of ether oxygens (including phenoxy) is 2. The van der Waals surface area contributed by atoms with E-state index in [1.165, 1.54) is 12.7 Å². The fourth-order valence-electron chi connectivity index (χ4n) is 3.38. The summed E-state index contributed by atoms with van der Waals surface area (Å²) in [5.74, 6) is -0.1000. The van der Waals surface area contributed by atoms with E-state index in [0.717, 1.165) is 45.1 Å². The average Bonchev–Trinajstić information content (AvgIpc) is 2.95. The van der Waals surface area contributed by atoms with Crippen LogP contribution in [0.1, 0.15) is 44.6 Å². The van der Waals surface area contributed by atoms with Gasteiger partial charge in [0, 0.05) is 6.61 Å². The molecule has 0 amide bonds. The van der Waals surface area contributed by atoms with Gasteiger partial charge in [0.2, 0.25) is 0 Å². The lowest BCUT2D eigenvalue weighted by atomic mass is 9.78. The van der Waals surface area contributed by atoms with Gasteiger partial charge in [-0.15, -0.1) is 0 Å². The van der Waals surface area contributed by atoms with Crippen molar-refractivity contribution in [1.82, 2.24) is 0 Å². The summed E-state index contributed by atoms with van der Waals surface area (Å²) in [6.07, 6.45) is 5.56. The second-order valence-corrected chi connectivity index (χ2v) is 5.88. The van der Waals surface area contributed by atoms with Crippen molar-refractivity contribution < 1.29 is 14.3 Å². The van der Waals surface area contributed by atoms with Crippen molar-refractivity contribution in [2.75, 3.05) is 13.7 Å². The summed E-state index contributed by atoms with van der Waals surface area (Å²) in [5, 5.41) is 0. The highest BCUT2D eigenvalue weighted by atomic mass is 16.5. The minimum Gasteiger partial charge on any atom is -0.469 e. The fourth-order valence-corrected chi connectivity index (χ4v) is 3.38. The molecule has 0 aromatic heterocycles. The van der Waals surface area contributed by atoms with Gasteiger partial charge in [-0.3, -0.25) is 4.79 Å². The summed E-state index contributed by atoms with van der Waals surface area (Å²) in [4.78, 5) is 12.4. The van der Waals surface area contributed by atoms with Gasteiger partial charge in [0.05, 0.1) is 18.6 Å². The quantitative estimate of drug-likeness (QED) is 0.717. The molecule has 3 heteroatoms. The molecule has 0 heterocycles. The number of methoxy groups -OCH3 is 1. The number of benzene rings is 1. The Bertz CT molecular complexity index is 443. The molecule has 1 aromatic carbocycles. The summed E-state index contributed by atoms with van der Waals surface area (Å²) >= 11 is 0. The molecular weight excluding hydrogens is 264 g/mol. The third-order valence-electron chi connectivity index (χ3n) is 4.52. The third kappa shape index (κ3) is 3.65. The monoisotopic (exact) mass is 290 g/mol. The van der Waals surface area contributed by atoms with Gasteiger partial charge in [-0.1, -0.05) is 37.3 Å². The number of esters is 1. The minimum atomic E-state index is -0.459. The van der Waals surface area contributed by atoms with E-state index in [2.05, 4.69) is 19.1 Å². The van der Waals surface area contributed by atoms with E-state index in [9.17, 15) is 4.79 Å². The molecule has 1 aliphatic rings. The number of aryl methyl sites for hydroxylation is 1. The van der Waals surface area contributed by atoms with Gasteiger partial charge in [-0.25, -0.2) is 0 Å². The maximum Gasteiger partial charge on any atom is 0.314 e. The van der Waals surface area contributed by atoms with Gasteiger partial charge >= 0.3 is 5.97 Å². The van der Waals surface area contributed by atoms with E-state index in [0.29, 0.717) is 0 Å². The van der Waals surface area contributed by atoms with Crippen LogP contribution in [0, 0.1) is 5.41 Å². The van der Waals surface area contributed by atoms with Crippen LogP contribution in [0.5, 0.6) is 0 Å². The molecule has 2 unspecified atom stereocenters. The Morgan fingerprint density at radius 2 is 2.10 bits per heavy atom. The smallest absolute Gasteiger partial charge is 0.314 e. The predicted molar refractivity (Wildman–Crippen MR) is 83.1 cm³/mol. The van der Waals surface area contributed by atoms with Crippen molar-refractivity contribution >= 4 is 5.97 Å². The molecule has 21 heavy (non-hydrogen) atoms. The van der Waals surface area contributed by atoms with E-state index in [1.807, 2.05) is 18.2 Å². The average molecular weight is 290 g/mol. The van der Waals surface area contributed by atoms with Gasteiger partial charge in [0.1, 0.15) is 0 Å².